The van der Waals surface area contributed by atoms with E-state index in [-0.39, 0.29) is 5.41 Å². The Bertz CT molecular complexity index is 3060. The molecule has 1 unspecified atom stereocenters. The zero-order valence-electron chi connectivity index (χ0n) is 31.2. The van der Waals surface area contributed by atoms with Crippen LogP contribution in [0.1, 0.15) is 47.5 Å². The summed E-state index contributed by atoms with van der Waals surface area (Å²) in [6.07, 6.45) is 0. The third kappa shape index (κ3) is 3.99. The van der Waals surface area contributed by atoms with E-state index in [9.17, 15) is 0 Å². The molecule has 12 rings (SSSR count). The summed E-state index contributed by atoms with van der Waals surface area (Å²) in [5, 5.41) is 0. The fourth-order valence-corrected chi connectivity index (χ4v) is 10.3. The average molecular weight is 716 g/mol. The number of para-hydroxylation sites is 3. The van der Waals surface area contributed by atoms with Crippen molar-refractivity contribution in [3.8, 4) is 39.1 Å². The second kappa shape index (κ2) is 11.3. The van der Waals surface area contributed by atoms with Gasteiger partial charge in [-0.3, -0.25) is 4.57 Å². The first-order chi connectivity index (χ1) is 27.5. The van der Waals surface area contributed by atoms with Crippen LogP contribution in [-0.4, -0.2) is 9.55 Å². The van der Waals surface area contributed by atoms with Crippen molar-refractivity contribution >= 4 is 28.1 Å². The highest BCUT2D eigenvalue weighted by Gasteiger charge is 2.55. The molecule has 1 aromatic heterocycles. The van der Waals surface area contributed by atoms with Crippen LogP contribution in [0.25, 0.3) is 50.1 Å². The predicted octanol–water partition coefficient (Wildman–Crippen LogP) is 13.1. The van der Waals surface area contributed by atoms with Crippen LogP contribution in [0.15, 0.2) is 188 Å². The molecule has 0 saturated carbocycles. The van der Waals surface area contributed by atoms with Crippen LogP contribution in [-0.2, 0) is 10.8 Å². The Balaban J connectivity index is 1.14. The first kappa shape index (κ1) is 31.4. The van der Waals surface area contributed by atoms with E-state index >= 15 is 0 Å². The summed E-state index contributed by atoms with van der Waals surface area (Å²) in [5.74, 6) is 1.05. The summed E-state index contributed by atoms with van der Waals surface area (Å²) in [4.78, 5) is 7.99. The van der Waals surface area contributed by atoms with Crippen molar-refractivity contribution in [1.29, 1.82) is 0 Å². The fraction of sp³-hybridized carbons (Fsp3) is 0.0755. The fourth-order valence-electron chi connectivity index (χ4n) is 10.3. The summed E-state index contributed by atoms with van der Waals surface area (Å²) < 4.78 is 2.41. The van der Waals surface area contributed by atoms with Gasteiger partial charge in [-0.15, -0.1) is 0 Å². The number of anilines is 3. The van der Waals surface area contributed by atoms with Gasteiger partial charge in [0.05, 0.1) is 22.4 Å². The van der Waals surface area contributed by atoms with E-state index in [4.69, 9.17) is 4.98 Å². The molecule has 8 aromatic carbocycles. The molecule has 56 heavy (non-hydrogen) atoms. The minimum absolute atomic E-state index is 0.132. The molecular weight excluding hydrogens is 679 g/mol. The van der Waals surface area contributed by atoms with E-state index in [1.807, 2.05) is 0 Å². The monoisotopic (exact) mass is 715 g/mol. The van der Waals surface area contributed by atoms with Crippen molar-refractivity contribution < 1.29 is 0 Å². The molecule has 2 heterocycles. The zero-order valence-corrected chi connectivity index (χ0v) is 31.2. The van der Waals surface area contributed by atoms with Gasteiger partial charge in [0.15, 0.2) is 0 Å². The first-order valence-electron chi connectivity index (χ1n) is 19.6. The first-order valence-corrected chi connectivity index (χ1v) is 19.6. The molecule has 3 aliphatic rings. The third-order valence-electron chi connectivity index (χ3n) is 12.8. The maximum absolute atomic E-state index is 5.49. The second-order valence-electron chi connectivity index (χ2n) is 15.9. The number of fused-ring (bicyclic) bond motifs is 15. The lowest BCUT2D eigenvalue weighted by Crippen LogP contribution is -2.27. The predicted molar refractivity (Wildman–Crippen MR) is 230 cm³/mol. The number of hydrogen-bond acceptors (Lipinski definition) is 2. The normalized spacial score (nSPS) is 16.2. The van der Waals surface area contributed by atoms with Crippen LogP contribution < -0.4 is 4.90 Å². The molecule has 3 nitrogen and oxygen atoms in total. The smallest absolute Gasteiger partial charge is 0.134 e. The largest absolute Gasteiger partial charge is 0.310 e. The number of hydrogen-bond donors (Lipinski definition) is 0. The highest BCUT2D eigenvalue weighted by atomic mass is 15.2. The van der Waals surface area contributed by atoms with Crippen LogP contribution in [0.3, 0.4) is 0 Å². The molecule has 0 N–H and O–H groups in total. The van der Waals surface area contributed by atoms with Gasteiger partial charge in [-0.2, -0.15) is 0 Å². The van der Waals surface area contributed by atoms with Crippen molar-refractivity contribution in [2.45, 2.75) is 24.7 Å². The molecule has 2 aliphatic carbocycles. The minimum Gasteiger partial charge on any atom is -0.310 e. The molecular formula is C53H37N3. The number of benzene rings is 8. The lowest BCUT2D eigenvalue weighted by Gasteiger charge is -2.31. The van der Waals surface area contributed by atoms with Gasteiger partial charge in [0.2, 0.25) is 0 Å². The van der Waals surface area contributed by atoms with Crippen LogP contribution >= 0.6 is 0 Å². The Morgan fingerprint density at radius 1 is 0.464 bits per heavy atom. The molecule has 0 bridgehead atoms. The Morgan fingerprint density at radius 3 is 1.93 bits per heavy atom. The molecule has 0 saturated heterocycles. The average Bonchev–Trinajstić information content (AvgIpc) is 3.94. The Hall–Kier alpha value is -6.97. The van der Waals surface area contributed by atoms with Gasteiger partial charge in [-0.05, 0) is 104 Å². The molecule has 264 valence electrons. The van der Waals surface area contributed by atoms with Crippen molar-refractivity contribution in [1.82, 2.24) is 9.55 Å². The topological polar surface area (TPSA) is 21.1 Å². The number of aromatic nitrogens is 2. The van der Waals surface area contributed by atoms with Gasteiger partial charge in [0.1, 0.15) is 11.2 Å². The van der Waals surface area contributed by atoms with Crippen molar-refractivity contribution in [2.24, 2.45) is 0 Å². The van der Waals surface area contributed by atoms with Crippen molar-refractivity contribution in [3.05, 3.63) is 222 Å². The number of imidazole rings is 1. The summed E-state index contributed by atoms with van der Waals surface area (Å²) in [5.41, 5.74) is 20.1. The SMILES string of the molecule is CC1(C)c2ccccc2-c2ccc(N(c3ccc(-c4ccccc4)cc3)c3cccc4c3-c3ccccc3C43c4ccccc4-n4c3nc3ccccc34)cc21. The maximum Gasteiger partial charge on any atom is 0.134 e. The Labute approximate surface area is 326 Å². The van der Waals surface area contributed by atoms with Gasteiger partial charge < -0.3 is 4.90 Å². The lowest BCUT2D eigenvalue weighted by molar-refractivity contribution is 0.660. The summed E-state index contributed by atoms with van der Waals surface area (Å²) in [6.45, 7) is 4.73. The number of nitrogens with zero attached hydrogens (tertiary/aromatic N) is 3. The quantitative estimate of drug-likeness (QED) is 0.181. The highest BCUT2D eigenvalue weighted by molar-refractivity contribution is 5.99. The Kier molecular flexibility index (Phi) is 6.32. The number of rotatable bonds is 4. The standard InChI is InChI=1S/C53H37N3/c1-52(2)41-19-8-6-17-38(41)39-32-31-37(33-45(39)52)55(36-29-27-35(28-30-36)34-15-4-3-5-16-34)49-26-14-22-44-50(49)40-18-7-9-20-42(40)53(44)43-21-10-12-24-47(43)56-48-25-13-11-23-46(48)54-51(53)56/h3-33H,1-2H3. The van der Waals surface area contributed by atoms with E-state index in [1.54, 1.807) is 0 Å². The van der Waals surface area contributed by atoms with E-state index in [0.29, 0.717) is 0 Å². The molecule has 0 amide bonds. The molecule has 1 spiro atoms. The molecule has 9 aromatic rings. The summed E-state index contributed by atoms with van der Waals surface area (Å²) >= 11 is 0. The maximum atomic E-state index is 5.49. The van der Waals surface area contributed by atoms with Gasteiger partial charge in [0, 0.05) is 22.4 Å². The van der Waals surface area contributed by atoms with Crippen molar-refractivity contribution in [3.63, 3.8) is 0 Å². The molecule has 0 radical (unpaired) electrons. The van der Waals surface area contributed by atoms with Crippen LogP contribution in [0.2, 0.25) is 0 Å². The van der Waals surface area contributed by atoms with E-state index in [2.05, 4.69) is 211 Å². The molecule has 3 heteroatoms. The molecule has 1 aliphatic heterocycles. The van der Waals surface area contributed by atoms with Crippen molar-refractivity contribution in [2.75, 3.05) is 4.90 Å². The van der Waals surface area contributed by atoms with Crippen LogP contribution in [0, 0.1) is 0 Å². The summed E-state index contributed by atoms with van der Waals surface area (Å²) in [6, 6.07) is 69.2. The second-order valence-corrected chi connectivity index (χ2v) is 15.9. The lowest BCUT2D eigenvalue weighted by atomic mass is 9.73. The minimum atomic E-state index is -0.581. The van der Waals surface area contributed by atoms with E-state index < -0.39 is 5.41 Å². The Morgan fingerprint density at radius 2 is 1.09 bits per heavy atom. The third-order valence-corrected chi connectivity index (χ3v) is 12.8. The highest BCUT2D eigenvalue weighted by Crippen LogP contribution is 2.63. The van der Waals surface area contributed by atoms with Gasteiger partial charge in [-0.25, -0.2) is 4.98 Å². The van der Waals surface area contributed by atoms with Crippen LogP contribution in [0.4, 0.5) is 17.1 Å². The molecule has 0 fully saturated rings. The van der Waals surface area contributed by atoms with Gasteiger partial charge >= 0.3 is 0 Å². The van der Waals surface area contributed by atoms with Gasteiger partial charge in [-0.1, -0.05) is 153 Å². The van der Waals surface area contributed by atoms with Crippen LogP contribution in [0.5, 0.6) is 0 Å². The van der Waals surface area contributed by atoms with E-state index in [0.717, 1.165) is 33.9 Å². The zero-order chi connectivity index (χ0) is 37.2. The van der Waals surface area contributed by atoms with E-state index in [1.165, 1.54) is 66.9 Å². The molecule has 1 atom stereocenters. The van der Waals surface area contributed by atoms with Gasteiger partial charge in [0.25, 0.3) is 0 Å². The summed E-state index contributed by atoms with van der Waals surface area (Å²) in [7, 11) is 0.